The molecule has 2 aliphatic heterocycles. The molecule has 2 heteroatoms. The maximum absolute atomic E-state index is 6.47. The predicted octanol–water partition coefficient (Wildman–Crippen LogP) is 6.59. The Bertz CT molecular complexity index is 1330. The molecule has 1 unspecified atom stereocenters. The maximum atomic E-state index is 6.47. The molecule has 28 heavy (non-hydrogen) atoms. The van der Waals surface area contributed by atoms with E-state index in [4.69, 9.17) is 9.47 Å². The van der Waals surface area contributed by atoms with Crippen molar-refractivity contribution in [2.75, 3.05) is 0 Å². The zero-order valence-electron chi connectivity index (χ0n) is 15.5. The third kappa shape index (κ3) is 2.09. The van der Waals surface area contributed by atoms with E-state index in [0.717, 1.165) is 28.2 Å². The van der Waals surface area contributed by atoms with Crippen molar-refractivity contribution < 1.29 is 9.47 Å². The summed E-state index contributed by atoms with van der Waals surface area (Å²) in [6.07, 6.45) is 6.35. The van der Waals surface area contributed by atoms with Crippen LogP contribution in [-0.2, 0) is 0 Å². The summed E-state index contributed by atoms with van der Waals surface area (Å²) in [5.74, 6) is 0.793. The summed E-state index contributed by atoms with van der Waals surface area (Å²) in [7, 11) is 0. The second kappa shape index (κ2) is 5.49. The fraction of sp³-hybridized carbons (Fsp3) is 0.0769. The summed E-state index contributed by atoms with van der Waals surface area (Å²) in [6, 6.07) is 25.0. The molecule has 0 aliphatic carbocycles. The molecule has 0 saturated heterocycles. The van der Waals surface area contributed by atoms with Gasteiger partial charge in [0.25, 0.3) is 5.79 Å². The number of rotatable bonds is 0. The van der Waals surface area contributed by atoms with Crippen LogP contribution in [0.15, 0.2) is 84.4 Å². The third-order valence-electron chi connectivity index (χ3n) is 5.76. The Kier molecular flexibility index (Phi) is 3.05. The molecule has 134 valence electrons. The van der Waals surface area contributed by atoms with Crippen LogP contribution in [0.5, 0.6) is 11.5 Å². The van der Waals surface area contributed by atoms with Gasteiger partial charge in [0, 0.05) is 22.8 Å². The minimum atomic E-state index is -0.898. The van der Waals surface area contributed by atoms with Crippen LogP contribution in [0.1, 0.15) is 18.1 Å². The van der Waals surface area contributed by atoms with Gasteiger partial charge < -0.3 is 9.47 Å². The average Bonchev–Trinajstić information content (AvgIpc) is 2.74. The summed E-state index contributed by atoms with van der Waals surface area (Å²) in [5, 5.41) is 4.80. The smallest absolute Gasteiger partial charge is 0.294 e. The average molecular weight is 362 g/mol. The lowest BCUT2D eigenvalue weighted by molar-refractivity contribution is -0.0408. The van der Waals surface area contributed by atoms with E-state index in [1.807, 2.05) is 18.2 Å². The lowest BCUT2D eigenvalue weighted by Crippen LogP contribution is -2.44. The molecule has 2 aliphatic rings. The Morgan fingerprint density at radius 1 is 0.643 bits per heavy atom. The second-order valence-electron chi connectivity index (χ2n) is 7.43. The monoisotopic (exact) mass is 362 g/mol. The Morgan fingerprint density at radius 2 is 1.21 bits per heavy atom. The van der Waals surface area contributed by atoms with Crippen molar-refractivity contribution in [3.63, 3.8) is 0 Å². The minimum Gasteiger partial charge on any atom is -0.444 e. The zero-order chi connectivity index (χ0) is 18.7. The van der Waals surface area contributed by atoms with Crippen molar-refractivity contribution in [2.24, 2.45) is 0 Å². The van der Waals surface area contributed by atoms with Crippen molar-refractivity contribution >= 4 is 33.7 Å². The van der Waals surface area contributed by atoms with E-state index in [0.29, 0.717) is 0 Å². The molecule has 0 N–H and O–H groups in total. The van der Waals surface area contributed by atoms with Crippen LogP contribution in [0.2, 0.25) is 0 Å². The fourth-order valence-corrected chi connectivity index (χ4v) is 4.27. The topological polar surface area (TPSA) is 18.5 Å². The summed E-state index contributed by atoms with van der Waals surface area (Å²) >= 11 is 0. The van der Waals surface area contributed by atoms with E-state index in [1.54, 1.807) is 0 Å². The SMILES string of the molecule is CC1=Cc2c(ccc3ccccc23)OC12C=Cc1c(ccc3ccccc13)O2. The zero-order valence-corrected chi connectivity index (χ0v) is 15.5. The molecule has 6 rings (SSSR count). The van der Waals surface area contributed by atoms with E-state index in [2.05, 4.69) is 79.7 Å². The van der Waals surface area contributed by atoms with Crippen LogP contribution in [0.4, 0.5) is 0 Å². The van der Waals surface area contributed by atoms with Gasteiger partial charge in [0.2, 0.25) is 0 Å². The molecule has 0 aromatic heterocycles. The van der Waals surface area contributed by atoms with Gasteiger partial charge in [0.05, 0.1) is 0 Å². The highest BCUT2D eigenvalue weighted by Crippen LogP contribution is 2.45. The van der Waals surface area contributed by atoms with Gasteiger partial charge in [0.1, 0.15) is 11.5 Å². The van der Waals surface area contributed by atoms with E-state index < -0.39 is 5.79 Å². The summed E-state index contributed by atoms with van der Waals surface area (Å²) in [5.41, 5.74) is 3.25. The lowest BCUT2D eigenvalue weighted by atomic mass is 9.93. The fourth-order valence-electron chi connectivity index (χ4n) is 4.27. The van der Waals surface area contributed by atoms with E-state index in [1.165, 1.54) is 21.5 Å². The summed E-state index contributed by atoms with van der Waals surface area (Å²) < 4.78 is 12.9. The van der Waals surface area contributed by atoms with Crippen LogP contribution in [0.25, 0.3) is 33.7 Å². The number of hydrogen-bond acceptors (Lipinski definition) is 2. The number of benzene rings is 4. The van der Waals surface area contributed by atoms with Gasteiger partial charge in [-0.1, -0.05) is 60.7 Å². The normalized spacial score (nSPS) is 19.7. The van der Waals surface area contributed by atoms with Gasteiger partial charge in [-0.15, -0.1) is 0 Å². The third-order valence-corrected chi connectivity index (χ3v) is 5.76. The van der Waals surface area contributed by atoms with Crippen molar-refractivity contribution in [1.82, 2.24) is 0 Å². The van der Waals surface area contributed by atoms with Crippen molar-refractivity contribution in [3.05, 3.63) is 95.6 Å². The molecule has 0 radical (unpaired) electrons. The highest BCUT2D eigenvalue weighted by molar-refractivity contribution is 5.96. The van der Waals surface area contributed by atoms with Crippen molar-refractivity contribution in [3.8, 4) is 11.5 Å². The highest BCUT2D eigenvalue weighted by atomic mass is 16.7. The molecule has 4 aromatic rings. The molecule has 0 bridgehead atoms. The van der Waals surface area contributed by atoms with E-state index in [-0.39, 0.29) is 0 Å². The van der Waals surface area contributed by atoms with Crippen LogP contribution in [-0.4, -0.2) is 5.79 Å². The van der Waals surface area contributed by atoms with Gasteiger partial charge in [-0.05, 0) is 52.8 Å². The van der Waals surface area contributed by atoms with Gasteiger partial charge >= 0.3 is 0 Å². The first-order valence-electron chi connectivity index (χ1n) is 9.53. The molecule has 2 heterocycles. The molecule has 2 nitrogen and oxygen atoms in total. The number of ether oxygens (including phenoxy) is 2. The molecule has 0 fully saturated rings. The predicted molar refractivity (Wildman–Crippen MR) is 115 cm³/mol. The minimum absolute atomic E-state index is 0.846. The highest BCUT2D eigenvalue weighted by Gasteiger charge is 2.40. The van der Waals surface area contributed by atoms with Crippen LogP contribution in [0.3, 0.4) is 0 Å². The van der Waals surface area contributed by atoms with Gasteiger partial charge in [0.15, 0.2) is 0 Å². The molecule has 4 aromatic carbocycles. The first-order valence-corrected chi connectivity index (χ1v) is 9.53. The molecule has 0 saturated carbocycles. The molecule has 0 amide bonds. The maximum Gasteiger partial charge on any atom is 0.294 e. The Morgan fingerprint density at radius 3 is 1.89 bits per heavy atom. The largest absolute Gasteiger partial charge is 0.444 e. The second-order valence-corrected chi connectivity index (χ2v) is 7.43. The van der Waals surface area contributed by atoms with Crippen molar-refractivity contribution in [2.45, 2.75) is 12.7 Å². The number of hydrogen-bond donors (Lipinski definition) is 0. The van der Waals surface area contributed by atoms with Crippen molar-refractivity contribution in [1.29, 1.82) is 0 Å². The summed E-state index contributed by atoms with van der Waals surface area (Å²) in [4.78, 5) is 0. The molecule has 1 spiro atoms. The van der Waals surface area contributed by atoms with E-state index >= 15 is 0 Å². The van der Waals surface area contributed by atoms with Gasteiger partial charge in [-0.3, -0.25) is 0 Å². The molecular formula is C26H18O2. The molecule has 1 atom stereocenters. The first kappa shape index (κ1) is 15.5. The van der Waals surface area contributed by atoms with Crippen LogP contribution >= 0.6 is 0 Å². The quantitative estimate of drug-likeness (QED) is 0.351. The Labute approximate surface area is 163 Å². The Hall–Kier alpha value is -3.52. The Balaban J connectivity index is 1.50. The first-order chi connectivity index (χ1) is 13.7. The van der Waals surface area contributed by atoms with E-state index in [9.17, 15) is 0 Å². The van der Waals surface area contributed by atoms with Gasteiger partial charge in [-0.2, -0.15) is 0 Å². The summed E-state index contributed by atoms with van der Waals surface area (Å²) in [6.45, 7) is 2.07. The van der Waals surface area contributed by atoms with Crippen LogP contribution in [0, 0.1) is 0 Å². The standard InChI is InChI=1S/C26H18O2/c1-17-16-23-21-9-5-3-7-19(21)11-13-25(23)28-26(17)15-14-22-20-8-4-2-6-18(20)10-12-24(22)27-26/h2-16H,1H3. The molecular weight excluding hydrogens is 344 g/mol. The number of fused-ring (bicyclic) bond motifs is 6. The lowest BCUT2D eigenvalue weighted by Gasteiger charge is -2.39. The van der Waals surface area contributed by atoms with Gasteiger partial charge in [-0.25, -0.2) is 0 Å². The van der Waals surface area contributed by atoms with Crippen LogP contribution < -0.4 is 9.47 Å².